The SMILES string of the molecule is COC(=O)Cn1ccc(-c2ccc3c(c2)N(Sc2ccc(C(C)(C)C)cc2)Cc2ccc(C(F)(F)F)nc2N3)n1. The van der Waals surface area contributed by atoms with Crippen LogP contribution in [0.3, 0.4) is 0 Å². The molecule has 7 nitrogen and oxygen atoms in total. The van der Waals surface area contributed by atoms with Crippen LogP contribution in [0, 0.1) is 0 Å². The summed E-state index contributed by atoms with van der Waals surface area (Å²) in [6.45, 7) is 6.75. The molecule has 2 aromatic carbocycles. The van der Waals surface area contributed by atoms with E-state index in [9.17, 15) is 18.0 Å². The highest BCUT2D eigenvalue weighted by molar-refractivity contribution is 8.00. The highest BCUT2D eigenvalue weighted by atomic mass is 32.2. The van der Waals surface area contributed by atoms with Crippen molar-refractivity contribution in [3.8, 4) is 11.3 Å². The Morgan fingerprint density at radius 3 is 2.48 bits per heavy atom. The number of ether oxygens (including phenoxy) is 1. The average Bonchev–Trinajstić information content (AvgIpc) is 3.30. The third-order valence-corrected chi connectivity index (χ3v) is 7.52. The number of aromatic nitrogens is 3. The number of anilines is 3. The van der Waals surface area contributed by atoms with Crippen molar-refractivity contribution in [1.29, 1.82) is 0 Å². The first-order valence-electron chi connectivity index (χ1n) is 12.6. The van der Waals surface area contributed by atoms with Crippen LogP contribution in [0.15, 0.2) is 71.8 Å². The summed E-state index contributed by atoms with van der Waals surface area (Å²) in [4.78, 5) is 16.6. The van der Waals surface area contributed by atoms with Crippen molar-refractivity contribution < 1.29 is 22.7 Å². The molecule has 1 N–H and O–H groups in total. The molecule has 0 unspecified atom stereocenters. The number of nitrogens with zero attached hydrogens (tertiary/aromatic N) is 4. The zero-order valence-corrected chi connectivity index (χ0v) is 23.2. The fraction of sp³-hybridized carbons (Fsp3) is 0.276. The summed E-state index contributed by atoms with van der Waals surface area (Å²) in [6.07, 6.45) is -2.86. The van der Waals surface area contributed by atoms with Crippen LogP contribution in [0.5, 0.6) is 0 Å². The molecule has 3 heterocycles. The lowest BCUT2D eigenvalue weighted by Crippen LogP contribution is -2.14. The number of methoxy groups -OCH3 is 1. The topological polar surface area (TPSA) is 72.3 Å². The molecular formula is C29H28F3N5O2S. The first kappa shape index (κ1) is 27.6. The molecule has 2 aromatic heterocycles. The molecule has 1 aliphatic heterocycles. The Labute approximate surface area is 234 Å². The average molecular weight is 568 g/mol. The summed E-state index contributed by atoms with van der Waals surface area (Å²) in [5.74, 6) is -0.248. The molecule has 5 rings (SSSR count). The minimum Gasteiger partial charge on any atom is -0.468 e. The van der Waals surface area contributed by atoms with Crippen molar-refractivity contribution in [1.82, 2.24) is 14.8 Å². The second-order valence-corrected chi connectivity index (χ2v) is 11.5. The second-order valence-electron chi connectivity index (χ2n) is 10.4. The van der Waals surface area contributed by atoms with Gasteiger partial charge in [-0.2, -0.15) is 18.3 Å². The first-order chi connectivity index (χ1) is 18.9. The zero-order valence-electron chi connectivity index (χ0n) is 22.4. The predicted molar refractivity (Wildman–Crippen MR) is 149 cm³/mol. The Kier molecular flexibility index (Phi) is 7.26. The number of hydrogen-bond acceptors (Lipinski definition) is 7. The lowest BCUT2D eigenvalue weighted by Gasteiger charge is -2.24. The van der Waals surface area contributed by atoms with Gasteiger partial charge in [0.05, 0.1) is 30.7 Å². The van der Waals surface area contributed by atoms with E-state index >= 15 is 0 Å². The molecule has 0 atom stereocenters. The molecule has 0 spiro atoms. The van der Waals surface area contributed by atoms with Crippen LogP contribution < -0.4 is 9.62 Å². The summed E-state index contributed by atoms with van der Waals surface area (Å²) in [6, 6.07) is 18.1. The summed E-state index contributed by atoms with van der Waals surface area (Å²) in [7, 11) is 1.32. The van der Waals surface area contributed by atoms with Gasteiger partial charge in [-0.25, -0.2) is 4.98 Å². The summed E-state index contributed by atoms with van der Waals surface area (Å²) < 4.78 is 48.6. The van der Waals surface area contributed by atoms with Gasteiger partial charge in [-0.1, -0.05) is 45.0 Å². The van der Waals surface area contributed by atoms with Crippen molar-refractivity contribution in [2.24, 2.45) is 0 Å². The zero-order chi connectivity index (χ0) is 28.7. The maximum Gasteiger partial charge on any atom is 0.433 e. The molecule has 40 heavy (non-hydrogen) atoms. The number of carbonyl (C=O) groups is 1. The lowest BCUT2D eigenvalue weighted by molar-refractivity contribution is -0.142. The van der Waals surface area contributed by atoms with Crippen LogP contribution in [-0.2, 0) is 34.2 Å². The third kappa shape index (κ3) is 5.94. The molecule has 0 radical (unpaired) electrons. The molecule has 11 heteroatoms. The van der Waals surface area contributed by atoms with E-state index in [1.807, 2.05) is 28.6 Å². The number of hydrogen-bond donors (Lipinski definition) is 1. The van der Waals surface area contributed by atoms with E-state index in [4.69, 9.17) is 4.74 Å². The van der Waals surface area contributed by atoms with E-state index < -0.39 is 17.8 Å². The summed E-state index contributed by atoms with van der Waals surface area (Å²) in [5.41, 5.74) is 3.69. The summed E-state index contributed by atoms with van der Waals surface area (Å²) >= 11 is 1.49. The molecule has 1 aliphatic rings. The van der Waals surface area contributed by atoms with Gasteiger partial charge in [-0.15, -0.1) is 0 Å². The van der Waals surface area contributed by atoms with Crippen molar-refractivity contribution in [2.45, 2.75) is 50.3 Å². The Morgan fingerprint density at radius 1 is 1.05 bits per heavy atom. The van der Waals surface area contributed by atoms with Crippen LogP contribution in [0.25, 0.3) is 11.3 Å². The maximum atomic E-state index is 13.4. The van der Waals surface area contributed by atoms with E-state index in [-0.39, 0.29) is 17.8 Å². The number of carbonyl (C=O) groups excluding carboxylic acids is 1. The van der Waals surface area contributed by atoms with Crippen molar-refractivity contribution >= 4 is 35.1 Å². The molecular weight excluding hydrogens is 539 g/mol. The van der Waals surface area contributed by atoms with Gasteiger partial charge in [0.1, 0.15) is 18.1 Å². The molecule has 0 fully saturated rings. The maximum absolute atomic E-state index is 13.4. The molecule has 0 saturated heterocycles. The number of alkyl halides is 3. The second kappa shape index (κ2) is 10.5. The molecule has 0 aliphatic carbocycles. The number of halogens is 3. The third-order valence-electron chi connectivity index (χ3n) is 6.49. The van der Waals surface area contributed by atoms with Crippen molar-refractivity contribution in [3.63, 3.8) is 0 Å². The van der Waals surface area contributed by atoms with Gasteiger partial charge in [0.2, 0.25) is 0 Å². The monoisotopic (exact) mass is 567 g/mol. The molecule has 4 aromatic rings. The van der Waals surface area contributed by atoms with Crippen LogP contribution in [-0.4, -0.2) is 27.8 Å². The van der Waals surface area contributed by atoms with Crippen molar-refractivity contribution in [3.05, 3.63) is 83.7 Å². The highest BCUT2D eigenvalue weighted by Gasteiger charge is 2.34. The molecule has 208 valence electrons. The number of esters is 1. The minimum atomic E-state index is -4.55. The summed E-state index contributed by atoms with van der Waals surface area (Å²) in [5, 5.41) is 7.62. The van der Waals surface area contributed by atoms with E-state index in [1.54, 1.807) is 18.3 Å². The molecule has 0 amide bonds. The quantitative estimate of drug-likeness (QED) is 0.202. The van der Waals surface area contributed by atoms with E-state index in [0.717, 1.165) is 22.2 Å². The van der Waals surface area contributed by atoms with E-state index in [0.29, 0.717) is 23.5 Å². The Morgan fingerprint density at radius 2 is 1.80 bits per heavy atom. The van der Waals surface area contributed by atoms with Crippen molar-refractivity contribution in [2.75, 3.05) is 16.7 Å². The van der Waals surface area contributed by atoms with Gasteiger partial charge in [0.25, 0.3) is 0 Å². The standard InChI is InChI=1S/C29H28F3N5O2S/c1-28(2,3)20-7-9-21(10-8-20)40-37-16-19-6-12-25(29(30,31)32)34-27(19)33-23-11-5-18(15-24(23)37)22-13-14-36(35-22)17-26(38)39-4/h5-15H,16-17H2,1-4H3,(H,33,34). The Bertz CT molecular complexity index is 1540. The fourth-order valence-corrected chi connectivity index (χ4v) is 5.24. The highest BCUT2D eigenvalue weighted by Crippen LogP contribution is 2.43. The van der Waals surface area contributed by atoms with E-state index in [1.165, 1.54) is 35.4 Å². The normalized spacial score (nSPS) is 13.2. The van der Waals surface area contributed by atoms with Gasteiger partial charge in [-0.3, -0.25) is 9.48 Å². The number of fused-ring (bicyclic) bond motifs is 2. The largest absolute Gasteiger partial charge is 0.468 e. The van der Waals surface area contributed by atoms with Crippen LogP contribution in [0.1, 0.15) is 37.6 Å². The predicted octanol–water partition coefficient (Wildman–Crippen LogP) is 7.21. The first-order valence-corrected chi connectivity index (χ1v) is 13.3. The lowest BCUT2D eigenvalue weighted by atomic mass is 9.87. The van der Waals surface area contributed by atoms with Crippen LogP contribution in [0.2, 0.25) is 0 Å². The van der Waals surface area contributed by atoms with Gasteiger partial charge in [0, 0.05) is 22.2 Å². The Balaban J connectivity index is 1.54. The molecule has 0 bridgehead atoms. The van der Waals surface area contributed by atoms with E-state index in [2.05, 4.69) is 48.3 Å². The number of pyridine rings is 1. The minimum absolute atomic E-state index is 0.00922. The van der Waals surface area contributed by atoms with Gasteiger partial charge < -0.3 is 14.4 Å². The number of benzene rings is 2. The fourth-order valence-electron chi connectivity index (χ4n) is 4.28. The smallest absolute Gasteiger partial charge is 0.433 e. The Hall–Kier alpha value is -3.99. The van der Waals surface area contributed by atoms with Gasteiger partial charge >= 0.3 is 12.1 Å². The van der Waals surface area contributed by atoms with Crippen LogP contribution >= 0.6 is 11.9 Å². The molecule has 0 saturated carbocycles. The van der Waals surface area contributed by atoms with Crippen LogP contribution in [0.4, 0.5) is 30.4 Å². The van der Waals surface area contributed by atoms with Gasteiger partial charge in [0.15, 0.2) is 0 Å². The number of nitrogens with one attached hydrogen (secondary N) is 1. The van der Waals surface area contributed by atoms with Gasteiger partial charge in [-0.05, 0) is 59.3 Å². The number of rotatable bonds is 5.